The normalized spacial score (nSPS) is 12.1. The predicted octanol–water partition coefficient (Wildman–Crippen LogP) is 2.99. The van der Waals surface area contributed by atoms with Crippen LogP contribution < -0.4 is 5.32 Å². The van der Waals surface area contributed by atoms with Crippen molar-refractivity contribution in [3.05, 3.63) is 58.8 Å². The first-order chi connectivity index (χ1) is 8.27. The molecule has 1 heterocycles. The Balaban J connectivity index is 1.97. The lowest BCUT2D eigenvalue weighted by molar-refractivity contribution is 0.191. The average molecular weight is 293 g/mol. The lowest BCUT2D eigenvalue weighted by Crippen LogP contribution is -2.12. The van der Waals surface area contributed by atoms with Gasteiger partial charge in [-0.05, 0) is 34.1 Å². The van der Waals surface area contributed by atoms with Crippen molar-refractivity contribution in [2.24, 2.45) is 0 Å². The van der Waals surface area contributed by atoms with Crippen LogP contribution in [-0.4, -0.2) is 16.6 Å². The van der Waals surface area contributed by atoms with Gasteiger partial charge in [-0.1, -0.05) is 18.2 Å². The summed E-state index contributed by atoms with van der Waals surface area (Å²) in [6.45, 7) is 0.453. The summed E-state index contributed by atoms with van der Waals surface area (Å²) in [5.74, 6) is 0. The van der Waals surface area contributed by atoms with Gasteiger partial charge in [0.15, 0.2) is 0 Å². The minimum absolute atomic E-state index is 0.453. The van der Waals surface area contributed by atoms with Crippen molar-refractivity contribution in [2.45, 2.75) is 6.10 Å². The Bertz CT molecular complexity index is 476. The number of aliphatic hydroxyl groups is 1. The Morgan fingerprint density at radius 2 is 2.06 bits per heavy atom. The predicted molar refractivity (Wildman–Crippen MR) is 71.8 cm³/mol. The third kappa shape index (κ3) is 3.28. The highest BCUT2D eigenvalue weighted by Gasteiger charge is 2.07. The van der Waals surface area contributed by atoms with E-state index in [-0.39, 0.29) is 0 Å². The van der Waals surface area contributed by atoms with Crippen molar-refractivity contribution in [1.29, 1.82) is 0 Å². The van der Waals surface area contributed by atoms with E-state index in [4.69, 9.17) is 0 Å². The molecule has 0 amide bonds. The largest absolute Gasteiger partial charge is 0.387 e. The summed E-state index contributed by atoms with van der Waals surface area (Å²) in [6, 6.07) is 11.5. The molecule has 0 aliphatic carbocycles. The quantitative estimate of drug-likeness (QED) is 0.911. The Morgan fingerprint density at radius 3 is 2.76 bits per heavy atom. The Labute approximate surface area is 109 Å². The van der Waals surface area contributed by atoms with E-state index >= 15 is 0 Å². The van der Waals surface area contributed by atoms with Crippen LogP contribution in [0.2, 0.25) is 0 Å². The SMILES string of the molecule is OC(CNc1ccccc1Br)c1cccnc1. The van der Waals surface area contributed by atoms with E-state index < -0.39 is 6.10 Å². The second-order valence-electron chi connectivity index (χ2n) is 3.66. The van der Waals surface area contributed by atoms with Gasteiger partial charge in [0.25, 0.3) is 0 Å². The summed E-state index contributed by atoms with van der Waals surface area (Å²) >= 11 is 3.45. The van der Waals surface area contributed by atoms with Crippen LogP contribution in [0.25, 0.3) is 0 Å². The molecular formula is C13H13BrN2O. The zero-order chi connectivity index (χ0) is 12.1. The van der Waals surface area contributed by atoms with Crippen LogP contribution >= 0.6 is 15.9 Å². The standard InChI is InChI=1S/C13H13BrN2O/c14-11-5-1-2-6-12(11)16-9-13(17)10-4-3-7-15-8-10/h1-8,13,16-17H,9H2. The molecule has 0 aliphatic rings. The molecule has 1 aromatic carbocycles. The van der Waals surface area contributed by atoms with Crippen molar-refractivity contribution in [3.63, 3.8) is 0 Å². The zero-order valence-electron chi connectivity index (χ0n) is 9.18. The number of halogens is 1. The molecule has 1 atom stereocenters. The summed E-state index contributed by atoms with van der Waals surface area (Å²) in [5.41, 5.74) is 1.78. The molecule has 4 heteroatoms. The number of para-hydroxylation sites is 1. The van der Waals surface area contributed by atoms with Crippen LogP contribution in [0.15, 0.2) is 53.3 Å². The van der Waals surface area contributed by atoms with Crippen LogP contribution in [0.4, 0.5) is 5.69 Å². The number of rotatable bonds is 4. The molecule has 0 saturated carbocycles. The van der Waals surface area contributed by atoms with Crippen LogP contribution in [0, 0.1) is 0 Å². The van der Waals surface area contributed by atoms with Crippen LogP contribution in [-0.2, 0) is 0 Å². The molecule has 0 fully saturated rings. The number of benzene rings is 1. The lowest BCUT2D eigenvalue weighted by Gasteiger charge is -2.13. The minimum Gasteiger partial charge on any atom is -0.387 e. The summed E-state index contributed by atoms with van der Waals surface area (Å²) in [7, 11) is 0. The highest BCUT2D eigenvalue weighted by molar-refractivity contribution is 9.10. The maximum Gasteiger partial charge on any atom is 0.0977 e. The van der Waals surface area contributed by atoms with E-state index in [1.54, 1.807) is 12.4 Å². The number of nitrogens with one attached hydrogen (secondary N) is 1. The van der Waals surface area contributed by atoms with Crippen LogP contribution in [0.1, 0.15) is 11.7 Å². The van der Waals surface area contributed by atoms with E-state index in [0.29, 0.717) is 6.54 Å². The smallest absolute Gasteiger partial charge is 0.0977 e. The van der Waals surface area contributed by atoms with E-state index in [2.05, 4.69) is 26.2 Å². The Hall–Kier alpha value is -1.39. The van der Waals surface area contributed by atoms with Crippen molar-refractivity contribution in [2.75, 3.05) is 11.9 Å². The van der Waals surface area contributed by atoms with Crippen molar-refractivity contribution < 1.29 is 5.11 Å². The second kappa shape index (κ2) is 5.80. The first kappa shape index (κ1) is 12.1. The van der Waals surface area contributed by atoms with Gasteiger partial charge >= 0.3 is 0 Å². The van der Waals surface area contributed by atoms with Crippen LogP contribution in [0.5, 0.6) is 0 Å². The topological polar surface area (TPSA) is 45.1 Å². The molecule has 0 radical (unpaired) electrons. The van der Waals surface area contributed by atoms with Gasteiger partial charge in [0, 0.05) is 34.7 Å². The highest BCUT2D eigenvalue weighted by Crippen LogP contribution is 2.22. The highest BCUT2D eigenvalue weighted by atomic mass is 79.9. The monoisotopic (exact) mass is 292 g/mol. The van der Waals surface area contributed by atoms with E-state index in [9.17, 15) is 5.11 Å². The van der Waals surface area contributed by atoms with Gasteiger partial charge in [0.1, 0.15) is 0 Å². The molecule has 88 valence electrons. The van der Waals surface area contributed by atoms with Gasteiger partial charge in [0.05, 0.1) is 6.10 Å². The summed E-state index contributed by atoms with van der Waals surface area (Å²) in [5, 5.41) is 13.1. The lowest BCUT2D eigenvalue weighted by atomic mass is 10.1. The summed E-state index contributed by atoms with van der Waals surface area (Å²) < 4.78 is 0.985. The van der Waals surface area contributed by atoms with Gasteiger partial charge < -0.3 is 10.4 Å². The summed E-state index contributed by atoms with van der Waals surface area (Å²) in [4.78, 5) is 3.98. The number of nitrogens with zero attached hydrogens (tertiary/aromatic N) is 1. The van der Waals surface area contributed by atoms with E-state index in [0.717, 1.165) is 15.7 Å². The fourth-order valence-electron chi connectivity index (χ4n) is 1.50. The molecule has 2 aromatic rings. The fraction of sp³-hybridized carbons (Fsp3) is 0.154. The number of pyridine rings is 1. The maximum atomic E-state index is 9.95. The molecule has 0 spiro atoms. The van der Waals surface area contributed by atoms with Gasteiger partial charge in [-0.25, -0.2) is 0 Å². The molecule has 3 nitrogen and oxygen atoms in total. The molecule has 0 aliphatic heterocycles. The number of aliphatic hydroxyl groups excluding tert-OH is 1. The summed E-state index contributed by atoms with van der Waals surface area (Å²) in [6.07, 6.45) is 2.81. The fourth-order valence-corrected chi connectivity index (χ4v) is 1.93. The average Bonchev–Trinajstić information content (AvgIpc) is 2.38. The van der Waals surface area contributed by atoms with Gasteiger partial charge in [-0.15, -0.1) is 0 Å². The number of aromatic nitrogens is 1. The first-order valence-electron chi connectivity index (χ1n) is 5.34. The van der Waals surface area contributed by atoms with Crippen molar-refractivity contribution in [1.82, 2.24) is 4.98 Å². The molecule has 0 saturated heterocycles. The molecule has 2 rings (SSSR count). The van der Waals surface area contributed by atoms with Crippen molar-refractivity contribution in [3.8, 4) is 0 Å². The molecule has 2 N–H and O–H groups in total. The molecule has 17 heavy (non-hydrogen) atoms. The van der Waals surface area contributed by atoms with E-state index in [1.807, 2.05) is 36.4 Å². The molecule has 0 bridgehead atoms. The molecular weight excluding hydrogens is 280 g/mol. The molecule has 1 unspecified atom stereocenters. The maximum absolute atomic E-state index is 9.95. The number of anilines is 1. The van der Waals surface area contributed by atoms with E-state index in [1.165, 1.54) is 0 Å². The third-order valence-electron chi connectivity index (χ3n) is 2.43. The minimum atomic E-state index is -0.559. The second-order valence-corrected chi connectivity index (χ2v) is 4.52. The Morgan fingerprint density at radius 1 is 1.24 bits per heavy atom. The zero-order valence-corrected chi connectivity index (χ0v) is 10.8. The first-order valence-corrected chi connectivity index (χ1v) is 6.13. The van der Waals surface area contributed by atoms with Gasteiger partial charge in [-0.3, -0.25) is 4.98 Å². The third-order valence-corrected chi connectivity index (χ3v) is 3.12. The van der Waals surface area contributed by atoms with Gasteiger partial charge in [0.2, 0.25) is 0 Å². The van der Waals surface area contributed by atoms with Gasteiger partial charge in [-0.2, -0.15) is 0 Å². The Kier molecular flexibility index (Phi) is 4.12. The number of hydrogen-bond acceptors (Lipinski definition) is 3. The number of hydrogen-bond donors (Lipinski definition) is 2. The molecule has 1 aromatic heterocycles. The van der Waals surface area contributed by atoms with Crippen LogP contribution in [0.3, 0.4) is 0 Å². The van der Waals surface area contributed by atoms with Crippen molar-refractivity contribution >= 4 is 21.6 Å².